The predicted octanol–water partition coefficient (Wildman–Crippen LogP) is 2.70. The average molecular weight is 380 g/mol. The van der Waals surface area contributed by atoms with Crippen LogP contribution in [0.25, 0.3) is 10.8 Å². The van der Waals surface area contributed by atoms with Crippen molar-refractivity contribution < 1.29 is 13.2 Å². The second kappa shape index (κ2) is 7.13. The highest BCUT2D eigenvalue weighted by Gasteiger charge is 2.22. The topological polar surface area (TPSA) is 66.5 Å². The first kappa shape index (κ1) is 17.7. The number of nitrogens with zero attached hydrogens (tertiary/aromatic N) is 1. The van der Waals surface area contributed by atoms with Gasteiger partial charge in [-0.15, -0.1) is 0 Å². The molecule has 0 fully saturated rings. The Labute approximate surface area is 158 Å². The molecule has 1 heterocycles. The van der Waals surface area contributed by atoms with Gasteiger partial charge in [0.2, 0.25) is 15.9 Å². The number of nitrogens with one attached hydrogen (secondary N) is 1. The molecule has 0 aromatic heterocycles. The van der Waals surface area contributed by atoms with Gasteiger partial charge >= 0.3 is 0 Å². The zero-order valence-electron chi connectivity index (χ0n) is 14.8. The number of hydrogen-bond donors (Lipinski definition) is 1. The van der Waals surface area contributed by atoms with Gasteiger partial charge in [0.1, 0.15) is 0 Å². The molecule has 0 aliphatic carbocycles. The van der Waals surface area contributed by atoms with Gasteiger partial charge in [0.15, 0.2) is 0 Å². The fourth-order valence-corrected chi connectivity index (χ4v) is 4.40. The Bertz CT molecular complexity index is 1110. The largest absolute Gasteiger partial charge is 0.337 e. The van der Waals surface area contributed by atoms with Crippen LogP contribution in [-0.4, -0.2) is 32.3 Å². The zero-order chi connectivity index (χ0) is 18.9. The van der Waals surface area contributed by atoms with Crippen molar-refractivity contribution in [2.45, 2.75) is 17.9 Å². The Kier molecular flexibility index (Phi) is 4.68. The van der Waals surface area contributed by atoms with Crippen LogP contribution in [0.15, 0.2) is 71.6 Å². The van der Waals surface area contributed by atoms with Crippen LogP contribution in [-0.2, 0) is 27.8 Å². The molecule has 1 amide bonds. The molecule has 0 saturated heterocycles. The molecule has 1 N–H and O–H groups in total. The Hall–Kier alpha value is -2.70. The summed E-state index contributed by atoms with van der Waals surface area (Å²) in [5, 5.41) is 1.82. The summed E-state index contributed by atoms with van der Waals surface area (Å²) in [5.74, 6) is -0.214. The minimum atomic E-state index is -3.74. The lowest BCUT2D eigenvalue weighted by molar-refractivity contribution is -0.130. The molecule has 0 spiro atoms. The van der Waals surface area contributed by atoms with Crippen molar-refractivity contribution in [1.82, 2.24) is 9.62 Å². The van der Waals surface area contributed by atoms with Gasteiger partial charge in [-0.2, -0.15) is 0 Å². The van der Waals surface area contributed by atoms with Crippen LogP contribution >= 0.6 is 0 Å². The summed E-state index contributed by atoms with van der Waals surface area (Å²) in [6.07, 6.45) is 0.791. The normalized spacial score (nSPS) is 14.1. The summed E-state index contributed by atoms with van der Waals surface area (Å²) >= 11 is 0. The molecule has 5 nitrogen and oxygen atoms in total. The lowest BCUT2D eigenvalue weighted by atomic mass is 10.00. The van der Waals surface area contributed by atoms with E-state index in [0.29, 0.717) is 13.1 Å². The number of carbonyl (C=O) groups is 1. The fourth-order valence-electron chi connectivity index (χ4n) is 3.40. The van der Waals surface area contributed by atoms with E-state index in [-0.39, 0.29) is 17.3 Å². The number of benzene rings is 3. The number of carbonyl (C=O) groups excluding carboxylic acids is 1. The number of amides is 1. The van der Waals surface area contributed by atoms with Gasteiger partial charge in [-0.3, -0.25) is 4.79 Å². The van der Waals surface area contributed by atoms with Crippen molar-refractivity contribution in [2.24, 2.45) is 0 Å². The summed E-state index contributed by atoms with van der Waals surface area (Å²) in [7, 11) is -3.74. The molecule has 0 radical (unpaired) electrons. The molecule has 0 atom stereocenters. The predicted molar refractivity (Wildman–Crippen MR) is 105 cm³/mol. The first-order valence-corrected chi connectivity index (χ1v) is 10.3. The van der Waals surface area contributed by atoms with Crippen LogP contribution in [0.4, 0.5) is 0 Å². The van der Waals surface area contributed by atoms with Crippen LogP contribution in [0.5, 0.6) is 0 Å². The molecule has 0 unspecified atom stereocenters. The molecular weight excluding hydrogens is 360 g/mol. The number of hydrogen-bond acceptors (Lipinski definition) is 3. The minimum Gasteiger partial charge on any atom is -0.337 e. The van der Waals surface area contributed by atoms with E-state index < -0.39 is 10.0 Å². The zero-order valence-corrected chi connectivity index (χ0v) is 15.6. The Morgan fingerprint density at radius 1 is 0.926 bits per heavy atom. The van der Waals surface area contributed by atoms with Crippen molar-refractivity contribution >= 4 is 26.7 Å². The van der Waals surface area contributed by atoms with Gasteiger partial charge in [0.25, 0.3) is 0 Å². The smallest absolute Gasteiger partial charge is 0.241 e. The fraction of sp³-hybridized carbons (Fsp3) is 0.190. The number of fused-ring (bicyclic) bond motifs is 2. The molecule has 1 aliphatic rings. The first-order valence-electron chi connectivity index (χ1n) is 8.86. The van der Waals surface area contributed by atoms with Gasteiger partial charge in [-0.25, -0.2) is 13.1 Å². The second-order valence-electron chi connectivity index (χ2n) is 6.67. The summed E-state index contributed by atoms with van der Waals surface area (Å²) in [6, 6.07) is 20.5. The molecule has 1 aliphatic heterocycles. The molecule has 0 saturated carbocycles. The summed E-state index contributed by atoms with van der Waals surface area (Å²) in [4.78, 5) is 14.4. The average Bonchev–Trinajstić information content (AvgIpc) is 2.71. The van der Waals surface area contributed by atoms with E-state index in [0.717, 1.165) is 22.8 Å². The number of rotatable bonds is 4. The van der Waals surface area contributed by atoms with Crippen LogP contribution in [0, 0.1) is 0 Å². The maximum Gasteiger partial charge on any atom is 0.241 e. The maximum absolute atomic E-state index is 12.6. The van der Waals surface area contributed by atoms with Crippen LogP contribution < -0.4 is 4.72 Å². The minimum absolute atomic E-state index is 0.165. The molecule has 0 bridgehead atoms. The molecular formula is C21H20N2O3S. The molecule has 27 heavy (non-hydrogen) atoms. The van der Waals surface area contributed by atoms with Gasteiger partial charge in [-0.05, 0) is 40.5 Å². The van der Waals surface area contributed by atoms with E-state index in [2.05, 4.69) is 10.8 Å². The third kappa shape index (κ3) is 3.72. The van der Waals surface area contributed by atoms with Gasteiger partial charge in [0, 0.05) is 13.1 Å². The van der Waals surface area contributed by atoms with Crippen molar-refractivity contribution in [2.75, 3.05) is 13.1 Å². The summed E-state index contributed by atoms with van der Waals surface area (Å²) in [6.45, 7) is 0.886. The monoisotopic (exact) mass is 380 g/mol. The van der Waals surface area contributed by atoms with Crippen molar-refractivity contribution in [3.63, 3.8) is 0 Å². The highest BCUT2D eigenvalue weighted by Crippen LogP contribution is 2.20. The molecule has 3 aromatic carbocycles. The highest BCUT2D eigenvalue weighted by atomic mass is 32.2. The van der Waals surface area contributed by atoms with Crippen LogP contribution in [0.3, 0.4) is 0 Å². The Balaban J connectivity index is 1.45. The van der Waals surface area contributed by atoms with E-state index in [1.54, 1.807) is 23.1 Å². The summed E-state index contributed by atoms with van der Waals surface area (Å²) < 4.78 is 27.6. The van der Waals surface area contributed by atoms with Crippen molar-refractivity contribution in [1.29, 1.82) is 0 Å². The quantitative estimate of drug-likeness (QED) is 0.757. The molecule has 138 valence electrons. The van der Waals surface area contributed by atoms with Crippen LogP contribution in [0.1, 0.15) is 11.1 Å². The van der Waals surface area contributed by atoms with Crippen LogP contribution in [0.2, 0.25) is 0 Å². The third-order valence-electron chi connectivity index (χ3n) is 4.93. The molecule has 6 heteroatoms. The van der Waals surface area contributed by atoms with E-state index >= 15 is 0 Å². The second-order valence-corrected chi connectivity index (χ2v) is 8.43. The molecule has 4 rings (SSSR count). The standard InChI is InChI=1S/C21H20N2O3S/c24-21(23-12-11-17-6-2-4-8-19(17)15-23)14-22-27(25,26)20-10-9-16-5-1-3-7-18(16)13-20/h1-10,13,22H,11-12,14-15H2. The Morgan fingerprint density at radius 2 is 1.63 bits per heavy atom. The van der Waals surface area contributed by atoms with E-state index in [4.69, 9.17) is 0 Å². The van der Waals surface area contributed by atoms with Gasteiger partial charge < -0.3 is 4.90 Å². The molecule has 3 aromatic rings. The highest BCUT2D eigenvalue weighted by molar-refractivity contribution is 7.89. The third-order valence-corrected chi connectivity index (χ3v) is 6.33. The first-order chi connectivity index (χ1) is 13.0. The van der Waals surface area contributed by atoms with E-state index in [1.165, 1.54) is 5.56 Å². The lowest BCUT2D eigenvalue weighted by Crippen LogP contribution is -2.42. The summed E-state index contributed by atoms with van der Waals surface area (Å²) in [5.41, 5.74) is 2.37. The Morgan fingerprint density at radius 3 is 2.44 bits per heavy atom. The van der Waals surface area contributed by atoms with E-state index in [9.17, 15) is 13.2 Å². The SMILES string of the molecule is O=C(CNS(=O)(=O)c1ccc2ccccc2c1)N1CCc2ccccc2C1. The van der Waals surface area contributed by atoms with Crippen molar-refractivity contribution in [3.8, 4) is 0 Å². The van der Waals surface area contributed by atoms with E-state index in [1.807, 2.05) is 42.5 Å². The van der Waals surface area contributed by atoms with Gasteiger partial charge in [0.05, 0.1) is 11.4 Å². The maximum atomic E-state index is 12.6. The lowest BCUT2D eigenvalue weighted by Gasteiger charge is -2.29. The number of sulfonamides is 1. The van der Waals surface area contributed by atoms with Crippen molar-refractivity contribution in [3.05, 3.63) is 77.9 Å². The van der Waals surface area contributed by atoms with Gasteiger partial charge in [-0.1, -0.05) is 54.6 Å².